The number of hydrogen-bond donors (Lipinski definition) is 3. The van der Waals surface area contributed by atoms with Gasteiger partial charge in [-0.2, -0.15) is 0 Å². The lowest BCUT2D eigenvalue weighted by Gasteiger charge is -2.16. The van der Waals surface area contributed by atoms with Crippen molar-refractivity contribution in [1.29, 1.82) is 0 Å². The molecular weight excluding hydrogens is 348 g/mol. The quantitative estimate of drug-likeness (QED) is 0.458. The highest BCUT2D eigenvalue weighted by Crippen LogP contribution is 2.11. The Morgan fingerprint density at radius 1 is 1.27 bits per heavy atom. The second-order valence-corrected chi connectivity index (χ2v) is 6.85. The molecule has 2 rings (SSSR count). The number of carbonyl (C=O) groups is 1. The van der Waals surface area contributed by atoms with Crippen LogP contribution in [-0.2, 0) is 6.54 Å². The van der Waals surface area contributed by atoms with Crippen LogP contribution in [0.4, 0.5) is 0 Å². The molecule has 0 saturated carbocycles. The third kappa shape index (κ3) is 4.80. The fourth-order valence-corrected chi connectivity index (χ4v) is 3.24. The van der Waals surface area contributed by atoms with Gasteiger partial charge in [0.2, 0.25) is 0 Å². The van der Waals surface area contributed by atoms with Crippen LogP contribution >= 0.6 is 12.2 Å². The van der Waals surface area contributed by atoms with Crippen LogP contribution < -0.4 is 15.8 Å². The predicted molar refractivity (Wildman–Crippen MR) is 108 cm³/mol. The average Bonchev–Trinajstić information content (AvgIpc) is 2.64. The number of quaternary nitrogens is 1. The normalized spacial score (nSPS) is 11.2. The summed E-state index contributed by atoms with van der Waals surface area (Å²) in [5, 5.41) is 3.44. The highest BCUT2D eigenvalue weighted by Gasteiger charge is 2.11. The minimum Gasteiger partial charge on any atom is -0.352 e. The zero-order chi connectivity index (χ0) is 19.1. The molecule has 0 aliphatic heterocycles. The molecule has 26 heavy (non-hydrogen) atoms. The monoisotopic (exact) mass is 377 g/mol. The van der Waals surface area contributed by atoms with Crippen molar-refractivity contribution in [2.45, 2.75) is 40.2 Å². The molecule has 0 saturated heterocycles. The summed E-state index contributed by atoms with van der Waals surface area (Å²) in [4.78, 5) is 29.5. The number of aromatic amines is 1. The summed E-state index contributed by atoms with van der Waals surface area (Å²) in [5.74, 6) is -0.131. The molecule has 0 unspecified atom stereocenters. The highest BCUT2D eigenvalue weighted by molar-refractivity contribution is 7.71. The fourth-order valence-electron chi connectivity index (χ4n) is 2.95. The van der Waals surface area contributed by atoms with Gasteiger partial charge in [0.15, 0.2) is 4.77 Å². The molecule has 1 amide bonds. The summed E-state index contributed by atoms with van der Waals surface area (Å²) in [6.45, 7) is 10.5. The highest BCUT2D eigenvalue weighted by atomic mass is 32.1. The molecule has 2 aromatic rings. The number of nitrogens with one attached hydrogen (secondary N) is 3. The average molecular weight is 378 g/mol. The van der Waals surface area contributed by atoms with Crippen LogP contribution in [0.2, 0.25) is 0 Å². The molecule has 1 heterocycles. The molecule has 7 heteroatoms. The predicted octanol–water partition coefficient (Wildman–Crippen LogP) is 1.51. The number of unbranched alkanes of at least 4 members (excludes halogenated alkanes) is 1. The minimum absolute atomic E-state index is 0.103. The molecule has 0 aliphatic carbocycles. The van der Waals surface area contributed by atoms with E-state index in [4.69, 9.17) is 12.2 Å². The second-order valence-electron chi connectivity index (χ2n) is 6.46. The summed E-state index contributed by atoms with van der Waals surface area (Å²) in [6, 6.07) is 5.11. The minimum atomic E-state index is -0.131. The molecule has 142 valence electrons. The largest absolute Gasteiger partial charge is 0.352 e. The second kappa shape index (κ2) is 9.64. The van der Waals surface area contributed by atoms with E-state index in [1.54, 1.807) is 22.8 Å². The van der Waals surface area contributed by atoms with E-state index < -0.39 is 0 Å². The van der Waals surface area contributed by atoms with E-state index in [0.29, 0.717) is 34.3 Å². The van der Waals surface area contributed by atoms with E-state index in [-0.39, 0.29) is 11.5 Å². The third-order valence-corrected chi connectivity index (χ3v) is 5.07. The van der Waals surface area contributed by atoms with Crippen molar-refractivity contribution in [2.24, 2.45) is 0 Å². The number of amides is 1. The zero-order valence-corrected chi connectivity index (χ0v) is 16.7. The molecule has 0 bridgehead atoms. The molecule has 0 atom stereocenters. The Labute approximate surface area is 159 Å². The molecule has 1 aromatic carbocycles. The molecule has 0 fully saturated rings. The van der Waals surface area contributed by atoms with Crippen molar-refractivity contribution in [1.82, 2.24) is 14.9 Å². The smallest absolute Gasteiger partial charge is 0.262 e. The lowest BCUT2D eigenvalue weighted by Crippen LogP contribution is -3.11. The van der Waals surface area contributed by atoms with Gasteiger partial charge in [0, 0.05) is 12.1 Å². The van der Waals surface area contributed by atoms with Crippen LogP contribution in [0.3, 0.4) is 0 Å². The Morgan fingerprint density at radius 3 is 2.65 bits per heavy atom. The molecule has 0 spiro atoms. The molecule has 1 aromatic heterocycles. The van der Waals surface area contributed by atoms with Crippen LogP contribution in [0, 0.1) is 4.77 Å². The van der Waals surface area contributed by atoms with Crippen LogP contribution in [0.5, 0.6) is 0 Å². The van der Waals surface area contributed by atoms with Crippen LogP contribution in [0.1, 0.15) is 44.0 Å². The van der Waals surface area contributed by atoms with Crippen molar-refractivity contribution < 1.29 is 9.69 Å². The SMILES string of the molecule is CCCCNC(=O)c1ccc2c(=O)n(CC[NH+](CC)CC)c(=S)[nH]c2c1. The lowest BCUT2D eigenvalue weighted by atomic mass is 10.1. The van der Waals surface area contributed by atoms with Crippen LogP contribution in [0.15, 0.2) is 23.0 Å². The van der Waals surface area contributed by atoms with Crippen molar-refractivity contribution in [2.75, 3.05) is 26.2 Å². The van der Waals surface area contributed by atoms with Crippen molar-refractivity contribution in [3.05, 3.63) is 38.9 Å². The first-order chi connectivity index (χ1) is 12.5. The number of hydrogen-bond acceptors (Lipinski definition) is 3. The Hall–Kier alpha value is -1.99. The first-order valence-electron chi connectivity index (χ1n) is 9.40. The maximum atomic E-state index is 12.8. The Morgan fingerprint density at radius 2 is 2.00 bits per heavy atom. The van der Waals surface area contributed by atoms with Gasteiger partial charge in [-0.15, -0.1) is 0 Å². The number of aromatic nitrogens is 2. The molecule has 0 radical (unpaired) electrons. The van der Waals surface area contributed by atoms with E-state index in [0.717, 1.165) is 32.5 Å². The van der Waals surface area contributed by atoms with E-state index in [1.165, 1.54) is 4.90 Å². The van der Waals surface area contributed by atoms with Crippen LogP contribution in [-0.4, -0.2) is 41.6 Å². The van der Waals surface area contributed by atoms with Crippen molar-refractivity contribution >= 4 is 29.0 Å². The maximum Gasteiger partial charge on any atom is 0.262 e. The summed E-state index contributed by atoms with van der Waals surface area (Å²) < 4.78 is 2.02. The lowest BCUT2D eigenvalue weighted by molar-refractivity contribution is -0.897. The van der Waals surface area contributed by atoms with Gasteiger partial charge in [0.1, 0.15) is 0 Å². The van der Waals surface area contributed by atoms with Gasteiger partial charge < -0.3 is 15.2 Å². The topological polar surface area (TPSA) is 71.3 Å². The first-order valence-corrected chi connectivity index (χ1v) is 9.81. The van der Waals surface area contributed by atoms with E-state index in [2.05, 4.69) is 31.1 Å². The summed E-state index contributed by atoms with van der Waals surface area (Å²) >= 11 is 5.38. The number of fused-ring (bicyclic) bond motifs is 1. The molecular formula is C19H29N4O2S+. The third-order valence-electron chi connectivity index (χ3n) is 4.75. The van der Waals surface area contributed by atoms with E-state index >= 15 is 0 Å². The summed E-state index contributed by atoms with van der Waals surface area (Å²) in [5.41, 5.74) is 1.03. The molecule has 6 nitrogen and oxygen atoms in total. The Balaban J connectivity index is 2.29. The number of H-pyrrole nitrogens is 1. The molecule has 0 aliphatic rings. The fraction of sp³-hybridized carbons (Fsp3) is 0.526. The van der Waals surface area contributed by atoms with Crippen molar-refractivity contribution in [3.63, 3.8) is 0 Å². The van der Waals surface area contributed by atoms with Crippen molar-refractivity contribution in [3.8, 4) is 0 Å². The number of carbonyl (C=O) groups excluding carboxylic acids is 1. The Bertz CT molecular complexity index is 868. The van der Waals surface area contributed by atoms with Gasteiger partial charge in [-0.1, -0.05) is 13.3 Å². The standard InChI is InChI=1S/C19H28N4O2S/c1-4-7-10-20-17(24)14-8-9-15-16(13-14)21-19(26)23(18(15)25)12-11-22(5-2)6-3/h8-9,13H,4-7,10-12H2,1-3H3,(H,20,24)(H,21,26)/p+1. The molecule has 3 N–H and O–H groups in total. The van der Waals surface area contributed by atoms with Crippen LogP contribution in [0.25, 0.3) is 10.9 Å². The number of benzene rings is 1. The number of likely N-dealkylation sites (N-methyl/N-ethyl adjacent to an activating group) is 1. The van der Waals surface area contributed by atoms with Gasteiger partial charge in [-0.3, -0.25) is 14.2 Å². The van der Waals surface area contributed by atoms with Gasteiger partial charge in [0.05, 0.1) is 37.1 Å². The van der Waals surface area contributed by atoms with Gasteiger partial charge in [-0.25, -0.2) is 0 Å². The van der Waals surface area contributed by atoms with Gasteiger partial charge in [-0.05, 0) is 50.7 Å². The summed E-state index contributed by atoms with van der Waals surface area (Å²) in [7, 11) is 0. The number of rotatable bonds is 9. The van der Waals surface area contributed by atoms with Gasteiger partial charge >= 0.3 is 0 Å². The number of nitrogens with zero attached hydrogens (tertiary/aromatic N) is 1. The summed E-state index contributed by atoms with van der Waals surface area (Å²) in [6.07, 6.45) is 1.97. The first kappa shape index (κ1) is 20.3. The van der Waals surface area contributed by atoms with E-state index in [1.807, 2.05) is 0 Å². The zero-order valence-electron chi connectivity index (χ0n) is 15.9. The van der Waals surface area contributed by atoms with Gasteiger partial charge in [0.25, 0.3) is 11.5 Å². The Kier molecular flexibility index (Phi) is 7.53. The maximum absolute atomic E-state index is 12.8. The van der Waals surface area contributed by atoms with E-state index in [9.17, 15) is 9.59 Å².